The minimum absolute atomic E-state index is 0.827. The zero-order valence-corrected chi connectivity index (χ0v) is 12.1. The van der Waals surface area contributed by atoms with Crippen LogP contribution in [0.3, 0.4) is 0 Å². The molecule has 1 aromatic rings. The highest BCUT2D eigenvalue weighted by atomic mass is 15.2. The van der Waals surface area contributed by atoms with Gasteiger partial charge in [0.1, 0.15) is 0 Å². The maximum Gasteiger partial charge on any atom is 0.0369 e. The van der Waals surface area contributed by atoms with Crippen LogP contribution in [0.15, 0.2) is 24.3 Å². The highest BCUT2D eigenvalue weighted by molar-refractivity contribution is 5.50. The van der Waals surface area contributed by atoms with Crippen molar-refractivity contribution in [3.05, 3.63) is 29.8 Å². The molecule has 3 rings (SSSR count). The molecule has 104 valence electrons. The molecule has 2 atom stereocenters. The largest absolute Gasteiger partial charge is 0.368 e. The van der Waals surface area contributed by atoms with E-state index < -0.39 is 0 Å². The molecule has 1 saturated heterocycles. The monoisotopic (exact) mass is 258 g/mol. The summed E-state index contributed by atoms with van der Waals surface area (Å²) in [4.78, 5) is 2.67. The van der Waals surface area contributed by atoms with Gasteiger partial charge < -0.3 is 10.2 Å². The van der Waals surface area contributed by atoms with E-state index in [-0.39, 0.29) is 0 Å². The molecule has 1 aromatic carbocycles. The summed E-state index contributed by atoms with van der Waals surface area (Å²) in [5.74, 6) is 0.968. The van der Waals surface area contributed by atoms with Gasteiger partial charge in [-0.2, -0.15) is 0 Å². The first kappa shape index (κ1) is 13.0. The normalized spacial score (nSPS) is 26.5. The molecule has 0 spiro atoms. The SMILES string of the molecule is CCNCc1ccc(N2CCC3CCCCC32)cc1. The van der Waals surface area contributed by atoms with E-state index in [1.165, 1.54) is 49.9 Å². The molecule has 0 radical (unpaired) electrons. The molecule has 1 aliphatic carbocycles. The van der Waals surface area contributed by atoms with Crippen molar-refractivity contribution in [2.24, 2.45) is 5.92 Å². The number of benzene rings is 1. The van der Waals surface area contributed by atoms with Crippen LogP contribution in [0, 0.1) is 5.92 Å². The fourth-order valence-electron chi connectivity index (χ4n) is 3.80. The van der Waals surface area contributed by atoms with E-state index in [9.17, 15) is 0 Å². The zero-order chi connectivity index (χ0) is 13.1. The average Bonchev–Trinajstić information content (AvgIpc) is 2.90. The van der Waals surface area contributed by atoms with Gasteiger partial charge in [0.05, 0.1) is 0 Å². The second kappa shape index (κ2) is 5.96. The molecule has 0 amide bonds. The molecule has 0 aromatic heterocycles. The van der Waals surface area contributed by atoms with Crippen LogP contribution in [0.25, 0.3) is 0 Å². The lowest BCUT2D eigenvalue weighted by molar-refractivity contribution is 0.342. The topological polar surface area (TPSA) is 15.3 Å². The Labute approximate surface area is 117 Å². The second-order valence-corrected chi connectivity index (χ2v) is 6.04. The lowest BCUT2D eigenvalue weighted by Crippen LogP contribution is -2.34. The summed E-state index contributed by atoms with van der Waals surface area (Å²) in [5, 5.41) is 3.39. The third kappa shape index (κ3) is 2.79. The first-order chi connectivity index (χ1) is 9.38. The summed E-state index contributed by atoms with van der Waals surface area (Å²) in [7, 11) is 0. The van der Waals surface area contributed by atoms with Crippen molar-refractivity contribution in [3.8, 4) is 0 Å². The lowest BCUT2D eigenvalue weighted by atomic mass is 9.85. The molecule has 1 saturated carbocycles. The van der Waals surface area contributed by atoms with Crippen LogP contribution in [-0.2, 0) is 6.54 Å². The van der Waals surface area contributed by atoms with Gasteiger partial charge in [-0.05, 0) is 49.4 Å². The van der Waals surface area contributed by atoms with Crippen LogP contribution in [0.5, 0.6) is 0 Å². The van der Waals surface area contributed by atoms with Crippen molar-refractivity contribution in [1.82, 2.24) is 5.32 Å². The molecule has 19 heavy (non-hydrogen) atoms. The molecule has 1 heterocycles. The van der Waals surface area contributed by atoms with Crippen LogP contribution in [0.4, 0.5) is 5.69 Å². The third-order valence-electron chi connectivity index (χ3n) is 4.86. The van der Waals surface area contributed by atoms with E-state index in [2.05, 4.69) is 41.4 Å². The number of hydrogen-bond donors (Lipinski definition) is 1. The lowest BCUT2D eigenvalue weighted by Gasteiger charge is -2.33. The molecule has 2 fully saturated rings. The summed E-state index contributed by atoms with van der Waals surface area (Å²) in [5.41, 5.74) is 2.83. The van der Waals surface area contributed by atoms with Crippen LogP contribution >= 0.6 is 0 Å². The number of fused-ring (bicyclic) bond motifs is 1. The van der Waals surface area contributed by atoms with Gasteiger partial charge in [0.25, 0.3) is 0 Å². The fourth-order valence-corrected chi connectivity index (χ4v) is 3.80. The van der Waals surface area contributed by atoms with Gasteiger partial charge in [0, 0.05) is 24.8 Å². The minimum Gasteiger partial charge on any atom is -0.368 e. The maximum absolute atomic E-state index is 3.39. The van der Waals surface area contributed by atoms with Crippen LogP contribution in [-0.4, -0.2) is 19.1 Å². The van der Waals surface area contributed by atoms with E-state index >= 15 is 0 Å². The minimum atomic E-state index is 0.827. The number of hydrogen-bond acceptors (Lipinski definition) is 2. The summed E-state index contributed by atoms with van der Waals surface area (Å²) in [6.45, 7) is 5.45. The van der Waals surface area contributed by atoms with E-state index in [0.717, 1.165) is 25.0 Å². The summed E-state index contributed by atoms with van der Waals surface area (Å²) >= 11 is 0. The quantitative estimate of drug-likeness (QED) is 0.888. The maximum atomic E-state index is 3.39. The number of nitrogens with one attached hydrogen (secondary N) is 1. The number of nitrogens with zero attached hydrogens (tertiary/aromatic N) is 1. The second-order valence-electron chi connectivity index (χ2n) is 6.04. The van der Waals surface area contributed by atoms with E-state index in [4.69, 9.17) is 0 Å². The Balaban J connectivity index is 1.68. The van der Waals surface area contributed by atoms with E-state index in [0.29, 0.717) is 0 Å². The Morgan fingerprint density at radius 1 is 1.11 bits per heavy atom. The highest BCUT2D eigenvalue weighted by Crippen LogP contribution is 2.38. The fraction of sp³-hybridized carbons (Fsp3) is 0.647. The Hall–Kier alpha value is -1.02. The van der Waals surface area contributed by atoms with Crippen LogP contribution < -0.4 is 10.2 Å². The van der Waals surface area contributed by atoms with Crippen molar-refractivity contribution in [2.45, 2.75) is 51.6 Å². The molecular weight excluding hydrogens is 232 g/mol. The smallest absolute Gasteiger partial charge is 0.0369 e. The first-order valence-corrected chi connectivity index (χ1v) is 7.95. The number of rotatable bonds is 4. The van der Waals surface area contributed by atoms with Crippen LogP contribution in [0.1, 0.15) is 44.6 Å². The van der Waals surface area contributed by atoms with E-state index in [1.807, 2.05) is 0 Å². The molecule has 0 bridgehead atoms. The summed E-state index contributed by atoms with van der Waals surface area (Å²) < 4.78 is 0. The Bertz CT molecular complexity index is 398. The van der Waals surface area contributed by atoms with Crippen molar-refractivity contribution in [3.63, 3.8) is 0 Å². The van der Waals surface area contributed by atoms with Gasteiger partial charge in [-0.3, -0.25) is 0 Å². The molecule has 1 aliphatic heterocycles. The molecule has 2 heteroatoms. The summed E-state index contributed by atoms with van der Waals surface area (Å²) in [6.07, 6.45) is 7.15. The van der Waals surface area contributed by atoms with Crippen LogP contribution in [0.2, 0.25) is 0 Å². The molecule has 2 unspecified atom stereocenters. The van der Waals surface area contributed by atoms with Gasteiger partial charge in [-0.1, -0.05) is 31.9 Å². The predicted molar refractivity (Wildman–Crippen MR) is 81.5 cm³/mol. The van der Waals surface area contributed by atoms with Gasteiger partial charge in [0.2, 0.25) is 0 Å². The van der Waals surface area contributed by atoms with E-state index in [1.54, 1.807) is 0 Å². The zero-order valence-electron chi connectivity index (χ0n) is 12.1. The standard InChI is InChI=1S/C17H26N2/c1-2-18-13-14-7-9-16(10-8-14)19-12-11-15-5-3-4-6-17(15)19/h7-10,15,17-18H,2-6,11-13H2,1H3. The van der Waals surface area contributed by atoms with Crippen molar-refractivity contribution < 1.29 is 0 Å². The van der Waals surface area contributed by atoms with Gasteiger partial charge in [0.15, 0.2) is 0 Å². The van der Waals surface area contributed by atoms with Gasteiger partial charge >= 0.3 is 0 Å². The molecular formula is C17H26N2. The Kier molecular flexibility index (Phi) is 4.07. The molecule has 2 aliphatic rings. The third-order valence-corrected chi connectivity index (χ3v) is 4.86. The van der Waals surface area contributed by atoms with Crippen molar-refractivity contribution >= 4 is 5.69 Å². The molecule has 2 nitrogen and oxygen atoms in total. The molecule has 1 N–H and O–H groups in total. The van der Waals surface area contributed by atoms with Gasteiger partial charge in [-0.15, -0.1) is 0 Å². The summed E-state index contributed by atoms with van der Waals surface area (Å²) in [6, 6.07) is 10.0. The predicted octanol–water partition coefficient (Wildman–Crippen LogP) is 3.57. The number of anilines is 1. The first-order valence-electron chi connectivity index (χ1n) is 7.95. The average molecular weight is 258 g/mol. The Morgan fingerprint density at radius 2 is 1.89 bits per heavy atom. The Morgan fingerprint density at radius 3 is 2.68 bits per heavy atom. The van der Waals surface area contributed by atoms with Gasteiger partial charge in [-0.25, -0.2) is 0 Å². The van der Waals surface area contributed by atoms with Crippen molar-refractivity contribution in [2.75, 3.05) is 18.0 Å². The highest BCUT2D eigenvalue weighted by Gasteiger charge is 2.35. The van der Waals surface area contributed by atoms with Crippen molar-refractivity contribution in [1.29, 1.82) is 0 Å².